The molecule has 0 aromatic carbocycles. The fourth-order valence-corrected chi connectivity index (χ4v) is 3.18. The number of anilines is 1. The number of aromatic nitrogens is 1. The molecule has 0 aliphatic carbocycles. The van der Waals surface area contributed by atoms with Crippen LogP contribution in [0.5, 0.6) is 0 Å². The molecule has 0 unspecified atom stereocenters. The Morgan fingerprint density at radius 2 is 2.24 bits per heavy atom. The average molecular weight is 276 g/mol. The molecule has 1 aromatic heterocycles. The minimum Gasteiger partial charge on any atom is -0.375 e. The van der Waals surface area contributed by atoms with Gasteiger partial charge in [0.15, 0.2) is 5.13 Å². The summed E-state index contributed by atoms with van der Waals surface area (Å²) in [5, 5.41) is 0.684. The number of likely N-dealkylation sites (tertiary alicyclic amines) is 1. The zero-order chi connectivity index (χ0) is 11.6. The van der Waals surface area contributed by atoms with Gasteiger partial charge in [-0.1, -0.05) is 20.3 Å². The molecule has 0 amide bonds. The monoisotopic (exact) mass is 275 g/mol. The summed E-state index contributed by atoms with van der Waals surface area (Å²) in [5.41, 5.74) is 6.11. The predicted octanol–water partition coefficient (Wildman–Crippen LogP) is 3.16. The summed E-state index contributed by atoms with van der Waals surface area (Å²) in [4.78, 5) is 7.94. The van der Waals surface area contributed by atoms with Crippen molar-refractivity contribution >= 4 is 28.9 Å². The number of nitrogens with two attached hydrogens (primary N) is 1. The topological polar surface area (TPSA) is 42.2 Å². The molecule has 1 aromatic rings. The van der Waals surface area contributed by atoms with E-state index < -0.39 is 0 Å². The normalized spacial score (nSPS) is 20.6. The van der Waals surface area contributed by atoms with Crippen molar-refractivity contribution in [1.29, 1.82) is 0 Å². The van der Waals surface area contributed by atoms with Gasteiger partial charge in [0.2, 0.25) is 0 Å². The number of hydrogen-bond acceptors (Lipinski definition) is 4. The van der Waals surface area contributed by atoms with Crippen LogP contribution in [0.2, 0.25) is 0 Å². The summed E-state index contributed by atoms with van der Waals surface area (Å²) in [7, 11) is 0. The Labute approximate surface area is 114 Å². The zero-order valence-corrected chi connectivity index (χ0v) is 12.2. The fraction of sp³-hybridized carbons (Fsp3) is 0.750. The zero-order valence-electron chi connectivity index (χ0n) is 10.6. The van der Waals surface area contributed by atoms with E-state index in [2.05, 4.69) is 23.7 Å². The lowest BCUT2D eigenvalue weighted by atomic mass is 9.88. The van der Waals surface area contributed by atoms with Gasteiger partial charge in [-0.05, 0) is 24.8 Å². The third kappa shape index (κ3) is 4.45. The molecule has 2 heterocycles. The number of hydrogen-bond donors (Lipinski definition) is 1. The van der Waals surface area contributed by atoms with E-state index in [0.717, 1.165) is 6.54 Å². The third-order valence-electron chi connectivity index (χ3n) is 3.18. The van der Waals surface area contributed by atoms with Crippen molar-refractivity contribution in [3.63, 3.8) is 0 Å². The van der Waals surface area contributed by atoms with Gasteiger partial charge in [0.25, 0.3) is 0 Å². The van der Waals surface area contributed by atoms with E-state index in [9.17, 15) is 0 Å². The van der Waals surface area contributed by atoms with Gasteiger partial charge >= 0.3 is 0 Å². The summed E-state index contributed by atoms with van der Waals surface area (Å²) in [6.07, 6.45) is 5.93. The Kier molecular flexibility index (Phi) is 5.22. The molecular weight excluding hydrogens is 254 g/mol. The van der Waals surface area contributed by atoms with Crippen molar-refractivity contribution in [2.24, 2.45) is 5.41 Å². The van der Waals surface area contributed by atoms with Crippen molar-refractivity contribution in [3.05, 3.63) is 11.1 Å². The summed E-state index contributed by atoms with van der Waals surface area (Å²) in [6.45, 7) is 8.14. The van der Waals surface area contributed by atoms with E-state index in [1.165, 1.54) is 37.2 Å². The molecule has 5 heteroatoms. The first kappa shape index (κ1) is 14.7. The van der Waals surface area contributed by atoms with Crippen LogP contribution in [0, 0.1) is 5.41 Å². The van der Waals surface area contributed by atoms with Crippen molar-refractivity contribution in [3.8, 4) is 0 Å². The van der Waals surface area contributed by atoms with Gasteiger partial charge in [0.05, 0.1) is 0 Å². The number of nitrogens with zero attached hydrogens (tertiary/aromatic N) is 2. The van der Waals surface area contributed by atoms with E-state index >= 15 is 0 Å². The quantitative estimate of drug-likeness (QED) is 0.902. The fourth-order valence-electron chi connectivity index (χ4n) is 2.45. The summed E-state index contributed by atoms with van der Waals surface area (Å²) < 4.78 is 0. The van der Waals surface area contributed by atoms with E-state index in [-0.39, 0.29) is 12.4 Å². The molecule has 0 bridgehead atoms. The van der Waals surface area contributed by atoms with Crippen LogP contribution in [0.15, 0.2) is 6.20 Å². The Morgan fingerprint density at radius 3 is 2.88 bits per heavy atom. The van der Waals surface area contributed by atoms with Crippen LogP contribution < -0.4 is 5.73 Å². The second-order valence-corrected chi connectivity index (χ2v) is 6.64. The lowest BCUT2D eigenvalue weighted by Crippen LogP contribution is -2.31. The lowest BCUT2D eigenvalue weighted by Gasteiger charge is -2.28. The lowest BCUT2D eigenvalue weighted by molar-refractivity contribution is 0.190. The van der Waals surface area contributed by atoms with E-state index in [4.69, 9.17) is 5.73 Å². The van der Waals surface area contributed by atoms with Crippen molar-refractivity contribution in [2.75, 3.05) is 18.8 Å². The highest BCUT2D eigenvalue weighted by molar-refractivity contribution is 7.15. The van der Waals surface area contributed by atoms with Crippen LogP contribution in [0.3, 0.4) is 0 Å². The second-order valence-electron chi connectivity index (χ2n) is 5.50. The molecule has 2 N–H and O–H groups in total. The first-order valence-electron chi connectivity index (χ1n) is 5.98. The summed E-state index contributed by atoms with van der Waals surface area (Å²) in [6, 6.07) is 0. The second kappa shape index (κ2) is 6.03. The largest absolute Gasteiger partial charge is 0.375 e. The van der Waals surface area contributed by atoms with Crippen molar-refractivity contribution < 1.29 is 0 Å². The molecule has 98 valence electrons. The molecule has 17 heavy (non-hydrogen) atoms. The molecule has 1 aliphatic heterocycles. The highest BCUT2D eigenvalue weighted by Crippen LogP contribution is 2.29. The Morgan fingerprint density at radius 1 is 1.47 bits per heavy atom. The van der Waals surface area contributed by atoms with Gasteiger partial charge in [0, 0.05) is 24.2 Å². The number of rotatable bonds is 2. The maximum atomic E-state index is 5.66. The van der Waals surface area contributed by atoms with Crippen LogP contribution in [0.4, 0.5) is 5.13 Å². The first-order chi connectivity index (χ1) is 7.55. The molecular formula is C12H22ClN3S. The molecule has 0 atom stereocenters. The smallest absolute Gasteiger partial charge is 0.180 e. The molecule has 0 radical (unpaired) electrons. The summed E-state index contributed by atoms with van der Waals surface area (Å²) >= 11 is 1.61. The minimum absolute atomic E-state index is 0. The molecule has 2 rings (SSSR count). The first-order valence-corrected chi connectivity index (χ1v) is 6.79. The minimum atomic E-state index is 0. The van der Waals surface area contributed by atoms with Crippen LogP contribution in [-0.2, 0) is 6.54 Å². The van der Waals surface area contributed by atoms with Gasteiger partial charge in [-0.15, -0.1) is 23.7 Å². The third-order valence-corrected chi connectivity index (χ3v) is 3.99. The molecule has 1 aliphatic rings. The average Bonchev–Trinajstić information content (AvgIpc) is 2.49. The van der Waals surface area contributed by atoms with Crippen LogP contribution in [-0.4, -0.2) is 23.0 Å². The Hall–Kier alpha value is -0.320. The van der Waals surface area contributed by atoms with Gasteiger partial charge in [-0.3, -0.25) is 4.90 Å². The molecule has 1 saturated heterocycles. The SMILES string of the molecule is CC1(C)CCCCN(Cc2cnc(N)s2)C1.Cl. The molecule has 3 nitrogen and oxygen atoms in total. The standard InChI is InChI=1S/C12H21N3S.ClH/c1-12(2)5-3-4-6-15(9-12)8-10-7-14-11(13)16-10;/h7H,3-6,8-9H2,1-2H3,(H2,13,14);1H. The van der Waals surface area contributed by atoms with Gasteiger partial charge in [-0.2, -0.15) is 0 Å². The summed E-state index contributed by atoms with van der Waals surface area (Å²) in [5.74, 6) is 0. The maximum Gasteiger partial charge on any atom is 0.180 e. The Bertz CT molecular complexity index is 351. The molecule has 1 fully saturated rings. The molecule has 0 spiro atoms. The van der Waals surface area contributed by atoms with E-state index in [1.54, 1.807) is 11.3 Å². The Balaban J connectivity index is 0.00000144. The molecule has 0 saturated carbocycles. The van der Waals surface area contributed by atoms with Crippen LogP contribution in [0.25, 0.3) is 0 Å². The van der Waals surface area contributed by atoms with E-state index in [1.807, 2.05) is 6.20 Å². The van der Waals surface area contributed by atoms with Gasteiger partial charge < -0.3 is 5.73 Å². The maximum absolute atomic E-state index is 5.66. The van der Waals surface area contributed by atoms with Crippen LogP contribution >= 0.6 is 23.7 Å². The predicted molar refractivity (Wildman–Crippen MR) is 76.7 cm³/mol. The number of halogens is 1. The van der Waals surface area contributed by atoms with Crippen molar-refractivity contribution in [1.82, 2.24) is 9.88 Å². The highest BCUT2D eigenvalue weighted by Gasteiger charge is 2.24. The highest BCUT2D eigenvalue weighted by atomic mass is 35.5. The number of nitrogen functional groups attached to an aromatic ring is 1. The van der Waals surface area contributed by atoms with Gasteiger partial charge in [-0.25, -0.2) is 4.98 Å². The van der Waals surface area contributed by atoms with Crippen LogP contribution in [0.1, 0.15) is 38.0 Å². The van der Waals surface area contributed by atoms with Gasteiger partial charge in [0.1, 0.15) is 0 Å². The van der Waals surface area contributed by atoms with E-state index in [0.29, 0.717) is 10.5 Å². The number of thiazole rings is 1. The van der Waals surface area contributed by atoms with Crippen molar-refractivity contribution in [2.45, 2.75) is 39.7 Å².